The van der Waals surface area contributed by atoms with Crippen molar-refractivity contribution in [3.05, 3.63) is 53.3 Å². The molecule has 0 atom stereocenters. The number of alkyl halides is 2. The Balaban J connectivity index is 1.46. The van der Waals surface area contributed by atoms with Crippen molar-refractivity contribution in [2.75, 3.05) is 0 Å². The van der Waals surface area contributed by atoms with Gasteiger partial charge in [-0.1, -0.05) is 6.08 Å². The molecule has 6 rings (SSSR count). The van der Waals surface area contributed by atoms with E-state index in [1.54, 1.807) is 21.5 Å². The second kappa shape index (κ2) is 8.18. The Bertz CT molecular complexity index is 1450. The van der Waals surface area contributed by atoms with Crippen LogP contribution in [0.1, 0.15) is 51.4 Å². The van der Waals surface area contributed by atoms with Gasteiger partial charge in [0.2, 0.25) is 5.92 Å². The Hall–Kier alpha value is -3.29. The fraction of sp³-hybridized carbons (Fsp3) is 0.423. The van der Waals surface area contributed by atoms with Crippen LogP contribution in [-0.4, -0.2) is 30.0 Å². The van der Waals surface area contributed by atoms with Gasteiger partial charge in [-0.25, -0.2) is 28.1 Å². The number of halogens is 2. The predicted molar refractivity (Wildman–Crippen MR) is 129 cm³/mol. The topological polar surface area (TPSA) is 68.5 Å². The van der Waals surface area contributed by atoms with Crippen molar-refractivity contribution >= 4 is 27.9 Å². The third kappa shape index (κ3) is 3.75. The molecule has 6 nitrogen and oxygen atoms in total. The third-order valence-electron chi connectivity index (χ3n) is 7.34. The smallest absolute Gasteiger partial charge is 0.334 e. The van der Waals surface area contributed by atoms with E-state index in [-0.39, 0.29) is 24.4 Å². The standard InChI is InChI=1S/C26H27F2N5O/c27-26(28)9-6-17(7-10-26)16-32-22-13-20(19-12-18-8-11-29-23(18)30-14-19)15-31-24(22)33(25(32)34)21-4-2-1-3-5-21/h4,8,11-15,17H,1-3,5-7,9-10,16H2,(H,29,30). The molecule has 8 heteroatoms. The summed E-state index contributed by atoms with van der Waals surface area (Å²) in [6, 6.07) is 6.02. The molecular weight excluding hydrogens is 436 g/mol. The van der Waals surface area contributed by atoms with Gasteiger partial charge in [-0.2, -0.15) is 0 Å². The lowest BCUT2D eigenvalue weighted by Gasteiger charge is -2.28. The minimum absolute atomic E-state index is 0.0539. The maximum absolute atomic E-state index is 13.7. The lowest BCUT2D eigenvalue weighted by molar-refractivity contribution is -0.0473. The molecule has 0 bridgehead atoms. The maximum atomic E-state index is 13.7. The molecule has 0 spiro atoms. The van der Waals surface area contributed by atoms with Crippen LogP contribution in [0.3, 0.4) is 0 Å². The molecule has 1 fully saturated rings. The second-order valence-corrected chi connectivity index (χ2v) is 9.68. The number of rotatable bonds is 4. The highest BCUT2D eigenvalue weighted by molar-refractivity contribution is 5.85. The van der Waals surface area contributed by atoms with Crippen LogP contribution in [-0.2, 0) is 6.54 Å². The van der Waals surface area contributed by atoms with Gasteiger partial charge in [0.25, 0.3) is 0 Å². The zero-order chi connectivity index (χ0) is 23.3. The van der Waals surface area contributed by atoms with Crippen molar-refractivity contribution in [3.8, 4) is 11.1 Å². The zero-order valence-electron chi connectivity index (χ0n) is 18.9. The average molecular weight is 464 g/mol. The van der Waals surface area contributed by atoms with Crippen molar-refractivity contribution < 1.29 is 8.78 Å². The summed E-state index contributed by atoms with van der Waals surface area (Å²) >= 11 is 0. The summed E-state index contributed by atoms with van der Waals surface area (Å²) in [5.74, 6) is -2.53. The SMILES string of the molecule is O=c1n(CC2CCC(F)(F)CC2)c2cc(-c3cnc4[nH]ccc4c3)cnc2n1C1=CCCCC1. The Labute approximate surface area is 195 Å². The molecule has 0 aliphatic heterocycles. The molecule has 0 unspecified atom stereocenters. The molecular formula is C26H27F2N5O. The molecule has 1 N–H and O–H groups in total. The summed E-state index contributed by atoms with van der Waals surface area (Å²) < 4.78 is 31.0. The zero-order valence-corrected chi connectivity index (χ0v) is 18.9. The largest absolute Gasteiger partial charge is 0.346 e. The first-order valence-corrected chi connectivity index (χ1v) is 12.1. The van der Waals surface area contributed by atoms with Crippen LogP contribution in [0.2, 0.25) is 0 Å². The number of hydrogen-bond acceptors (Lipinski definition) is 3. The maximum Gasteiger partial charge on any atom is 0.334 e. The van der Waals surface area contributed by atoms with Gasteiger partial charge in [0.05, 0.1) is 5.52 Å². The van der Waals surface area contributed by atoms with Crippen LogP contribution in [0.25, 0.3) is 39.0 Å². The molecule has 4 aromatic heterocycles. The molecule has 2 aliphatic rings. The molecule has 34 heavy (non-hydrogen) atoms. The van der Waals surface area contributed by atoms with Crippen LogP contribution in [0.4, 0.5) is 8.78 Å². The van der Waals surface area contributed by atoms with Crippen molar-refractivity contribution in [1.29, 1.82) is 0 Å². The van der Waals surface area contributed by atoms with Crippen molar-refractivity contribution in [2.24, 2.45) is 5.92 Å². The highest BCUT2D eigenvalue weighted by Gasteiger charge is 2.35. The van der Waals surface area contributed by atoms with E-state index in [1.807, 2.05) is 24.4 Å². The van der Waals surface area contributed by atoms with Crippen LogP contribution in [0.15, 0.2) is 47.7 Å². The van der Waals surface area contributed by atoms with Crippen LogP contribution in [0.5, 0.6) is 0 Å². The fourth-order valence-corrected chi connectivity index (χ4v) is 5.39. The Morgan fingerprint density at radius 2 is 1.88 bits per heavy atom. The van der Waals surface area contributed by atoms with Gasteiger partial charge in [0.15, 0.2) is 5.65 Å². The van der Waals surface area contributed by atoms with Gasteiger partial charge >= 0.3 is 5.69 Å². The van der Waals surface area contributed by atoms with Crippen molar-refractivity contribution in [2.45, 2.75) is 63.8 Å². The molecule has 2 aliphatic carbocycles. The second-order valence-electron chi connectivity index (χ2n) is 9.68. The number of nitrogens with zero attached hydrogens (tertiary/aromatic N) is 4. The number of H-pyrrole nitrogens is 1. The summed E-state index contributed by atoms with van der Waals surface area (Å²) in [4.78, 5) is 26.0. The Kier molecular flexibility index (Phi) is 5.12. The van der Waals surface area contributed by atoms with E-state index in [0.29, 0.717) is 25.0 Å². The number of imidazole rings is 1. The molecule has 0 radical (unpaired) electrons. The Morgan fingerprint density at radius 3 is 2.68 bits per heavy atom. The van der Waals surface area contributed by atoms with Gasteiger partial charge in [-0.15, -0.1) is 0 Å². The number of nitrogens with one attached hydrogen (secondary N) is 1. The number of pyridine rings is 2. The number of aromatic nitrogens is 5. The number of aromatic amines is 1. The average Bonchev–Trinajstić information content (AvgIpc) is 3.42. The molecule has 0 aromatic carbocycles. The van der Waals surface area contributed by atoms with Gasteiger partial charge in [0.1, 0.15) is 5.65 Å². The number of allylic oxidation sites excluding steroid dienone is 2. The van der Waals surface area contributed by atoms with Gasteiger partial charge in [-0.05, 0) is 62.6 Å². The van der Waals surface area contributed by atoms with E-state index >= 15 is 0 Å². The minimum atomic E-state index is -2.58. The van der Waals surface area contributed by atoms with E-state index in [9.17, 15) is 13.6 Å². The number of fused-ring (bicyclic) bond motifs is 2. The van der Waals surface area contributed by atoms with Crippen LogP contribution < -0.4 is 5.69 Å². The lowest BCUT2D eigenvalue weighted by atomic mass is 9.87. The highest BCUT2D eigenvalue weighted by atomic mass is 19.3. The van der Waals surface area contributed by atoms with Gasteiger partial charge in [0, 0.05) is 60.2 Å². The van der Waals surface area contributed by atoms with E-state index in [0.717, 1.165) is 59.1 Å². The molecule has 176 valence electrons. The molecule has 4 heterocycles. The third-order valence-corrected chi connectivity index (χ3v) is 7.34. The first kappa shape index (κ1) is 21.3. The Morgan fingerprint density at radius 1 is 1.09 bits per heavy atom. The molecule has 0 amide bonds. The predicted octanol–water partition coefficient (Wildman–Crippen LogP) is 5.98. The highest BCUT2D eigenvalue weighted by Crippen LogP contribution is 2.37. The van der Waals surface area contributed by atoms with Gasteiger partial charge in [-0.3, -0.25) is 4.57 Å². The summed E-state index contributed by atoms with van der Waals surface area (Å²) in [5, 5.41) is 1.00. The van der Waals surface area contributed by atoms with E-state index in [2.05, 4.69) is 16.0 Å². The van der Waals surface area contributed by atoms with Crippen molar-refractivity contribution in [3.63, 3.8) is 0 Å². The lowest BCUT2D eigenvalue weighted by Crippen LogP contribution is -2.31. The molecule has 4 aromatic rings. The first-order valence-electron chi connectivity index (χ1n) is 12.1. The normalized spacial score (nSPS) is 19.1. The van der Waals surface area contributed by atoms with Gasteiger partial charge < -0.3 is 4.98 Å². The first-order chi connectivity index (χ1) is 16.5. The van der Waals surface area contributed by atoms with Crippen LogP contribution >= 0.6 is 0 Å². The monoisotopic (exact) mass is 463 g/mol. The molecule has 0 saturated heterocycles. The summed E-state index contributed by atoms with van der Waals surface area (Å²) in [6.07, 6.45) is 12.2. The summed E-state index contributed by atoms with van der Waals surface area (Å²) in [7, 11) is 0. The minimum Gasteiger partial charge on any atom is -0.346 e. The summed E-state index contributed by atoms with van der Waals surface area (Å²) in [6.45, 7) is 0.436. The number of hydrogen-bond donors (Lipinski definition) is 1. The van der Waals surface area contributed by atoms with E-state index in [1.165, 1.54) is 0 Å². The van der Waals surface area contributed by atoms with E-state index < -0.39 is 5.92 Å². The van der Waals surface area contributed by atoms with Crippen LogP contribution in [0, 0.1) is 5.92 Å². The van der Waals surface area contributed by atoms with E-state index in [4.69, 9.17) is 4.98 Å². The summed E-state index contributed by atoms with van der Waals surface area (Å²) in [5.41, 5.74) is 4.87. The molecule has 1 saturated carbocycles. The fourth-order valence-electron chi connectivity index (χ4n) is 5.39. The quantitative estimate of drug-likeness (QED) is 0.405. The van der Waals surface area contributed by atoms with Crippen molar-refractivity contribution in [1.82, 2.24) is 24.1 Å².